The molecule has 6 heteroatoms. The zero-order chi connectivity index (χ0) is 18.6. The topological polar surface area (TPSA) is 64.6 Å². The van der Waals surface area contributed by atoms with E-state index in [2.05, 4.69) is 16.9 Å². The van der Waals surface area contributed by atoms with Gasteiger partial charge in [-0.1, -0.05) is 43.2 Å². The fourth-order valence-corrected chi connectivity index (χ4v) is 5.03. The zero-order valence-corrected chi connectivity index (χ0v) is 16.0. The summed E-state index contributed by atoms with van der Waals surface area (Å²) in [5.41, 5.74) is 1.04. The quantitative estimate of drug-likeness (QED) is 0.804. The minimum absolute atomic E-state index is 0.0977. The van der Waals surface area contributed by atoms with Gasteiger partial charge >= 0.3 is 0 Å². The monoisotopic (exact) mass is 375 g/mol. The Bertz CT molecular complexity index is 843. The van der Waals surface area contributed by atoms with Crippen molar-refractivity contribution in [3.05, 3.63) is 54.1 Å². The smallest absolute Gasteiger partial charge is 0.244 e. The van der Waals surface area contributed by atoms with E-state index < -0.39 is 10.0 Å². The number of methoxy groups -OCH3 is 2. The fraction of sp³-hybridized carbons (Fsp3) is 0.400. The van der Waals surface area contributed by atoms with Gasteiger partial charge in [-0.25, -0.2) is 13.1 Å². The van der Waals surface area contributed by atoms with Crippen LogP contribution in [0.25, 0.3) is 0 Å². The molecule has 5 nitrogen and oxygen atoms in total. The van der Waals surface area contributed by atoms with Gasteiger partial charge in [-0.3, -0.25) is 0 Å². The van der Waals surface area contributed by atoms with Crippen molar-refractivity contribution in [2.24, 2.45) is 0 Å². The molecular weight excluding hydrogens is 350 g/mol. The van der Waals surface area contributed by atoms with Gasteiger partial charge in [0.05, 0.1) is 14.2 Å². The Morgan fingerprint density at radius 1 is 1.00 bits per heavy atom. The maximum absolute atomic E-state index is 13.0. The first kappa shape index (κ1) is 18.7. The Hall–Kier alpha value is -2.05. The lowest BCUT2D eigenvalue weighted by molar-refractivity contribution is 0.390. The SMILES string of the molecule is COc1ccc(OC)c(S(=O)(=O)NCC2(c3ccccc3)CCCC2)c1. The molecule has 0 amide bonds. The molecule has 0 spiro atoms. The third kappa shape index (κ3) is 3.71. The van der Waals surface area contributed by atoms with E-state index in [1.54, 1.807) is 12.1 Å². The maximum atomic E-state index is 13.0. The summed E-state index contributed by atoms with van der Waals surface area (Å²) in [5, 5.41) is 0. The van der Waals surface area contributed by atoms with E-state index >= 15 is 0 Å². The van der Waals surface area contributed by atoms with Gasteiger partial charge in [-0.05, 0) is 30.5 Å². The van der Waals surface area contributed by atoms with Gasteiger partial charge in [0.1, 0.15) is 16.4 Å². The van der Waals surface area contributed by atoms with Crippen LogP contribution in [0.1, 0.15) is 31.2 Å². The highest BCUT2D eigenvalue weighted by molar-refractivity contribution is 7.89. The van der Waals surface area contributed by atoms with Crippen LogP contribution in [0.5, 0.6) is 11.5 Å². The van der Waals surface area contributed by atoms with E-state index in [1.165, 1.54) is 25.8 Å². The van der Waals surface area contributed by atoms with Crippen molar-refractivity contribution in [3.8, 4) is 11.5 Å². The number of sulfonamides is 1. The molecule has 26 heavy (non-hydrogen) atoms. The molecule has 1 saturated carbocycles. The minimum atomic E-state index is -3.72. The maximum Gasteiger partial charge on any atom is 0.244 e. The van der Waals surface area contributed by atoms with Crippen molar-refractivity contribution in [2.75, 3.05) is 20.8 Å². The van der Waals surface area contributed by atoms with E-state index in [9.17, 15) is 8.42 Å². The summed E-state index contributed by atoms with van der Waals surface area (Å²) in [4.78, 5) is 0.0977. The highest BCUT2D eigenvalue weighted by Gasteiger charge is 2.37. The first-order valence-corrected chi connectivity index (χ1v) is 10.3. The van der Waals surface area contributed by atoms with Crippen LogP contribution in [-0.4, -0.2) is 29.2 Å². The molecule has 0 aliphatic heterocycles. The minimum Gasteiger partial charge on any atom is -0.497 e. The summed E-state index contributed by atoms with van der Waals surface area (Å²) in [7, 11) is -0.754. The summed E-state index contributed by atoms with van der Waals surface area (Å²) in [6, 6.07) is 15.0. The molecule has 0 aromatic heterocycles. The summed E-state index contributed by atoms with van der Waals surface area (Å²) >= 11 is 0. The molecule has 0 atom stereocenters. The average Bonchev–Trinajstić information content (AvgIpc) is 3.17. The standard InChI is InChI=1S/C20H25NO4S/c1-24-17-10-11-18(25-2)19(14-17)26(22,23)21-15-20(12-6-7-13-20)16-8-4-3-5-9-16/h3-5,8-11,14,21H,6-7,12-13,15H2,1-2H3. The molecule has 0 saturated heterocycles. The molecule has 3 rings (SSSR count). The lowest BCUT2D eigenvalue weighted by Gasteiger charge is -2.30. The van der Waals surface area contributed by atoms with Crippen LogP contribution in [0.2, 0.25) is 0 Å². The van der Waals surface area contributed by atoms with Gasteiger partial charge < -0.3 is 9.47 Å². The van der Waals surface area contributed by atoms with E-state index in [-0.39, 0.29) is 10.3 Å². The Morgan fingerprint density at radius 2 is 1.69 bits per heavy atom. The van der Waals surface area contributed by atoms with Gasteiger partial charge in [-0.15, -0.1) is 0 Å². The van der Waals surface area contributed by atoms with Gasteiger partial charge in [0.2, 0.25) is 10.0 Å². The molecule has 1 fully saturated rings. The number of ether oxygens (including phenoxy) is 2. The molecular formula is C20H25NO4S. The second-order valence-electron chi connectivity index (χ2n) is 6.69. The second-order valence-corrected chi connectivity index (χ2v) is 8.43. The first-order chi connectivity index (χ1) is 12.5. The number of hydrogen-bond donors (Lipinski definition) is 1. The van der Waals surface area contributed by atoms with Gasteiger partial charge in [0, 0.05) is 18.0 Å². The van der Waals surface area contributed by atoms with Crippen LogP contribution < -0.4 is 14.2 Å². The molecule has 1 aliphatic rings. The van der Waals surface area contributed by atoms with Crippen LogP contribution in [0.15, 0.2) is 53.4 Å². The van der Waals surface area contributed by atoms with Crippen LogP contribution in [0, 0.1) is 0 Å². The zero-order valence-electron chi connectivity index (χ0n) is 15.2. The molecule has 2 aromatic carbocycles. The molecule has 0 unspecified atom stereocenters. The third-order valence-electron chi connectivity index (χ3n) is 5.21. The Labute approximate surface area is 155 Å². The Kier molecular flexibility index (Phi) is 5.53. The lowest BCUT2D eigenvalue weighted by Crippen LogP contribution is -2.39. The van der Waals surface area contributed by atoms with E-state index in [1.807, 2.05) is 18.2 Å². The van der Waals surface area contributed by atoms with Gasteiger partial charge in [0.25, 0.3) is 0 Å². The molecule has 0 radical (unpaired) electrons. The average molecular weight is 375 g/mol. The van der Waals surface area contributed by atoms with Crippen LogP contribution in [0.3, 0.4) is 0 Å². The van der Waals surface area contributed by atoms with E-state index in [0.717, 1.165) is 25.7 Å². The van der Waals surface area contributed by atoms with Gasteiger partial charge in [-0.2, -0.15) is 0 Å². The van der Waals surface area contributed by atoms with Crippen molar-refractivity contribution in [3.63, 3.8) is 0 Å². The van der Waals surface area contributed by atoms with Crippen LogP contribution >= 0.6 is 0 Å². The first-order valence-electron chi connectivity index (χ1n) is 8.78. The molecule has 2 aromatic rings. The number of hydrogen-bond acceptors (Lipinski definition) is 4. The van der Waals surface area contributed by atoms with Gasteiger partial charge in [0.15, 0.2) is 0 Å². The van der Waals surface area contributed by atoms with Crippen LogP contribution in [-0.2, 0) is 15.4 Å². The number of rotatable bonds is 7. The summed E-state index contributed by atoms with van der Waals surface area (Å²) in [6.07, 6.45) is 4.18. The summed E-state index contributed by atoms with van der Waals surface area (Å²) in [6.45, 7) is 0.375. The molecule has 0 bridgehead atoms. The second kappa shape index (κ2) is 7.68. The predicted molar refractivity (Wildman–Crippen MR) is 101 cm³/mol. The van der Waals surface area contributed by atoms with E-state index in [0.29, 0.717) is 18.0 Å². The summed E-state index contributed by atoms with van der Waals surface area (Å²) < 4.78 is 39.2. The third-order valence-corrected chi connectivity index (χ3v) is 6.63. The Balaban J connectivity index is 1.88. The van der Waals surface area contributed by atoms with Crippen molar-refractivity contribution in [1.29, 1.82) is 0 Å². The lowest BCUT2D eigenvalue weighted by atomic mass is 9.79. The largest absolute Gasteiger partial charge is 0.497 e. The molecule has 140 valence electrons. The fourth-order valence-electron chi connectivity index (χ4n) is 3.72. The Morgan fingerprint density at radius 3 is 2.31 bits per heavy atom. The predicted octanol–water partition coefficient (Wildman–Crippen LogP) is 3.49. The number of benzene rings is 2. The highest BCUT2D eigenvalue weighted by atomic mass is 32.2. The summed E-state index contributed by atoms with van der Waals surface area (Å²) in [5.74, 6) is 0.781. The van der Waals surface area contributed by atoms with Crippen molar-refractivity contribution < 1.29 is 17.9 Å². The normalized spacial score (nSPS) is 16.4. The van der Waals surface area contributed by atoms with Crippen LogP contribution in [0.4, 0.5) is 0 Å². The van der Waals surface area contributed by atoms with Crippen molar-refractivity contribution >= 4 is 10.0 Å². The molecule has 1 aliphatic carbocycles. The van der Waals surface area contributed by atoms with Crippen molar-refractivity contribution in [2.45, 2.75) is 36.0 Å². The molecule has 0 heterocycles. The van der Waals surface area contributed by atoms with Crippen molar-refractivity contribution in [1.82, 2.24) is 4.72 Å². The molecule has 1 N–H and O–H groups in total. The van der Waals surface area contributed by atoms with E-state index in [4.69, 9.17) is 9.47 Å². The number of nitrogens with one attached hydrogen (secondary N) is 1. The highest BCUT2D eigenvalue weighted by Crippen LogP contribution is 2.41.